The van der Waals surface area contributed by atoms with Crippen molar-refractivity contribution in [2.24, 2.45) is 11.8 Å². The molecule has 2 nitrogen and oxygen atoms in total. The third kappa shape index (κ3) is 3.05. The lowest BCUT2D eigenvalue weighted by Crippen LogP contribution is -2.24. The van der Waals surface area contributed by atoms with E-state index >= 15 is 0 Å². The first-order valence-corrected chi connectivity index (χ1v) is 6.37. The number of pyridine rings is 1. The van der Waals surface area contributed by atoms with Gasteiger partial charge in [0.1, 0.15) is 0 Å². The predicted octanol–water partition coefficient (Wildman–Crippen LogP) is 2.92. The maximum absolute atomic E-state index is 4.21. The van der Waals surface area contributed by atoms with Gasteiger partial charge in [-0.1, -0.05) is 25.8 Å². The van der Waals surface area contributed by atoms with Gasteiger partial charge in [0.25, 0.3) is 0 Å². The standard InChI is InChI=1S/C14H22N2/c1-11-6-13(8-15-7-11)9-16-10-14-5-3-4-12(14)2/h6-8,12,14,16H,3-5,9-10H2,1-2H3. The highest BCUT2D eigenvalue weighted by atomic mass is 14.9. The molecule has 0 aliphatic heterocycles. The average molecular weight is 218 g/mol. The molecular weight excluding hydrogens is 196 g/mol. The Kier molecular flexibility index (Phi) is 3.94. The van der Waals surface area contributed by atoms with Gasteiger partial charge in [0, 0.05) is 18.9 Å². The number of hydrogen-bond donors (Lipinski definition) is 1. The second kappa shape index (κ2) is 5.44. The summed E-state index contributed by atoms with van der Waals surface area (Å²) in [5, 5.41) is 3.56. The fourth-order valence-corrected chi connectivity index (χ4v) is 2.64. The van der Waals surface area contributed by atoms with Crippen LogP contribution in [0.15, 0.2) is 18.5 Å². The first kappa shape index (κ1) is 11.6. The lowest BCUT2D eigenvalue weighted by molar-refractivity contribution is 0.392. The molecule has 1 heterocycles. The highest BCUT2D eigenvalue weighted by molar-refractivity contribution is 5.16. The summed E-state index contributed by atoms with van der Waals surface area (Å²) >= 11 is 0. The summed E-state index contributed by atoms with van der Waals surface area (Å²) in [5.74, 6) is 1.79. The van der Waals surface area contributed by atoms with E-state index in [-0.39, 0.29) is 0 Å². The number of nitrogens with one attached hydrogen (secondary N) is 1. The van der Waals surface area contributed by atoms with Gasteiger partial charge in [-0.3, -0.25) is 4.98 Å². The van der Waals surface area contributed by atoms with E-state index in [1.54, 1.807) is 0 Å². The molecule has 1 aliphatic carbocycles. The molecule has 2 unspecified atom stereocenters. The van der Waals surface area contributed by atoms with Crippen molar-refractivity contribution in [3.05, 3.63) is 29.6 Å². The Hall–Kier alpha value is -0.890. The van der Waals surface area contributed by atoms with Gasteiger partial charge >= 0.3 is 0 Å². The third-order valence-corrected chi connectivity index (χ3v) is 3.71. The molecular formula is C14H22N2. The van der Waals surface area contributed by atoms with Crippen LogP contribution in [-0.4, -0.2) is 11.5 Å². The Morgan fingerprint density at radius 2 is 2.25 bits per heavy atom. The van der Waals surface area contributed by atoms with E-state index in [2.05, 4.69) is 30.2 Å². The van der Waals surface area contributed by atoms with Crippen molar-refractivity contribution in [3.8, 4) is 0 Å². The van der Waals surface area contributed by atoms with Crippen LogP contribution in [0.3, 0.4) is 0 Å². The van der Waals surface area contributed by atoms with Crippen LogP contribution < -0.4 is 5.32 Å². The monoisotopic (exact) mass is 218 g/mol. The predicted molar refractivity (Wildman–Crippen MR) is 67.2 cm³/mol. The van der Waals surface area contributed by atoms with E-state index in [9.17, 15) is 0 Å². The summed E-state index contributed by atoms with van der Waals surface area (Å²) in [4.78, 5) is 4.21. The largest absolute Gasteiger partial charge is 0.312 e. The molecule has 2 atom stereocenters. The first-order chi connectivity index (χ1) is 7.75. The van der Waals surface area contributed by atoms with Crippen molar-refractivity contribution >= 4 is 0 Å². The topological polar surface area (TPSA) is 24.9 Å². The van der Waals surface area contributed by atoms with Gasteiger partial charge in [-0.25, -0.2) is 0 Å². The molecule has 1 saturated carbocycles. The van der Waals surface area contributed by atoms with E-state index in [0.29, 0.717) is 0 Å². The van der Waals surface area contributed by atoms with Crippen LogP contribution in [0, 0.1) is 18.8 Å². The zero-order valence-electron chi connectivity index (χ0n) is 10.4. The number of nitrogens with zero attached hydrogens (tertiary/aromatic N) is 1. The van der Waals surface area contributed by atoms with Gasteiger partial charge in [-0.05, 0) is 42.9 Å². The molecule has 0 aromatic carbocycles. The Morgan fingerprint density at radius 3 is 2.94 bits per heavy atom. The fraction of sp³-hybridized carbons (Fsp3) is 0.643. The van der Waals surface area contributed by atoms with Crippen LogP contribution in [0.25, 0.3) is 0 Å². The summed E-state index contributed by atoms with van der Waals surface area (Å²) < 4.78 is 0. The van der Waals surface area contributed by atoms with Crippen LogP contribution in [0.1, 0.15) is 37.3 Å². The Bertz CT molecular complexity index is 335. The fourth-order valence-electron chi connectivity index (χ4n) is 2.64. The second-order valence-electron chi connectivity index (χ2n) is 5.17. The van der Waals surface area contributed by atoms with Gasteiger partial charge in [0.2, 0.25) is 0 Å². The summed E-state index contributed by atoms with van der Waals surface area (Å²) in [7, 11) is 0. The quantitative estimate of drug-likeness (QED) is 0.840. The Balaban J connectivity index is 1.75. The van der Waals surface area contributed by atoms with E-state index in [4.69, 9.17) is 0 Å². The highest BCUT2D eigenvalue weighted by Gasteiger charge is 2.22. The number of rotatable bonds is 4. The molecule has 2 rings (SSSR count). The molecule has 0 bridgehead atoms. The average Bonchev–Trinajstić information content (AvgIpc) is 2.65. The lowest BCUT2D eigenvalue weighted by atomic mass is 9.98. The van der Waals surface area contributed by atoms with Crippen LogP contribution in [0.5, 0.6) is 0 Å². The molecule has 1 N–H and O–H groups in total. The van der Waals surface area contributed by atoms with Crippen molar-refractivity contribution in [2.75, 3.05) is 6.54 Å². The smallest absolute Gasteiger partial charge is 0.0313 e. The summed E-state index contributed by atoms with van der Waals surface area (Å²) in [6.45, 7) is 6.59. The maximum atomic E-state index is 4.21. The molecule has 1 aromatic rings. The summed E-state index contributed by atoms with van der Waals surface area (Å²) in [6.07, 6.45) is 8.10. The molecule has 0 radical (unpaired) electrons. The van der Waals surface area contributed by atoms with Crippen LogP contribution in [0.2, 0.25) is 0 Å². The van der Waals surface area contributed by atoms with Gasteiger partial charge in [-0.15, -0.1) is 0 Å². The minimum Gasteiger partial charge on any atom is -0.312 e. The van der Waals surface area contributed by atoms with Crippen molar-refractivity contribution in [1.29, 1.82) is 0 Å². The van der Waals surface area contributed by atoms with Crippen molar-refractivity contribution in [3.63, 3.8) is 0 Å². The van der Waals surface area contributed by atoms with E-state index in [1.807, 2.05) is 12.4 Å². The molecule has 0 spiro atoms. The normalized spacial score (nSPS) is 24.9. The van der Waals surface area contributed by atoms with E-state index in [0.717, 1.165) is 24.9 Å². The lowest BCUT2D eigenvalue weighted by Gasteiger charge is -2.15. The number of hydrogen-bond acceptors (Lipinski definition) is 2. The van der Waals surface area contributed by atoms with Gasteiger partial charge < -0.3 is 5.32 Å². The van der Waals surface area contributed by atoms with E-state index in [1.165, 1.54) is 30.4 Å². The maximum Gasteiger partial charge on any atom is 0.0313 e. The highest BCUT2D eigenvalue weighted by Crippen LogP contribution is 2.30. The van der Waals surface area contributed by atoms with Gasteiger partial charge in [0.05, 0.1) is 0 Å². The summed E-state index contributed by atoms with van der Waals surface area (Å²) in [5.41, 5.74) is 2.54. The van der Waals surface area contributed by atoms with E-state index < -0.39 is 0 Å². The zero-order chi connectivity index (χ0) is 11.4. The third-order valence-electron chi connectivity index (χ3n) is 3.71. The minimum absolute atomic E-state index is 0.887. The minimum atomic E-state index is 0.887. The van der Waals surface area contributed by atoms with Gasteiger partial charge in [-0.2, -0.15) is 0 Å². The number of aryl methyl sites for hydroxylation is 1. The molecule has 16 heavy (non-hydrogen) atoms. The Morgan fingerprint density at radius 1 is 1.38 bits per heavy atom. The zero-order valence-corrected chi connectivity index (χ0v) is 10.4. The van der Waals surface area contributed by atoms with Crippen molar-refractivity contribution < 1.29 is 0 Å². The second-order valence-corrected chi connectivity index (χ2v) is 5.17. The Labute approximate surface area is 98.5 Å². The molecule has 2 heteroatoms. The van der Waals surface area contributed by atoms with Crippen LogP contribution in [0.4, 0.5) is 0 Å². The number of aromatic nitrogens is 1. The van der Waals surface area contributed by atoms with Crippen LogP contribution in [-0.2, 0) is 6.54 Å². The molecule has 1 fully saturated rings. The van der Waals surface area contributed by atoms with Crippen LogP contribution >= 0.6 is 0 Å². The van der Waals surface area contributed by atoms with Crippen molar-refractivity contribution in [1.82, 2.24) is 10.3 Å². The molecule has 0 amide bonds. The molecule has 0 saturated heterocycles. The van der Waals surface area contributed by atoms with Gasteiger partial charge in [0.15, 0.2) is 0 Å². The summed E-state index contributed by atoms with van der Waals surface area (Å²) in [6, 6.07) is 2.21. The SMILES string of the molecule is Cc1cncc(CNCC2CCCC2C)c1. The molecule has 1 aromatic heterocycles. The molecule has 88 valence electrons. The van der Waals surface area contributed by atoms with Crippen molar-refractivity contribution in [2.45, 2.75) is 39.7 Å². The molecule has 1 aliphatic rings. The first-order valence-electron chi connectivity index (χ1n) is 6.37.